The van der Waals surface area contributed by atoms with Crippen molar-refractivity contribution in [2.75, 3.05) is 0 Å². The van der Waals surface area contributed by atoms with Crippen LogP contribution in [0.1, 0.15) is 116 Å². The molecule has 2 heteroatoms. The van der Waals surface area contributed by atoms with Crippen molar-refractivity contribution >= 4 is 5.97 Å². The Labute approximate surface area is 220 Å². The quantitative estimate of drug-likeness (QED) is 0.281. The SMILES string of the molecule is CC(C)CCC[C@H](C)[C@H]1CC[C@@H]2[C@@H]3CC=C4C[C@H](OC(=O)c5ccccc5)CC[C@]4(C)[C@@H]3CC[C@@]21C. The van der Waals surface area contributed by atoms with Crippen LogP contribution in [-0.4, -0.2) is 12.1 Å². The summed E-state index contributed by atoms with van der Waals surface area (Å²) < 4.78 is 6.00. The van der Waals surface area contributed by atoms with Gasteiger partial charge in [-0.05, 0) is 103 Å². The first-order chi connectivity index (χ1) is 17.2. The zero-order valence-electron chi connectivity index (χ0n) is 23.6. The highest BCUT2D eigenvalue weighted by atomic mass is 16.5. The van der Waals surface area contributed by atoms with E-state index in [1.165, 1.54) is 57.8 Å². The fourth-order valence-corrected chi connectivity index (χ4v) is 9.55. The second-order valence-electron chi connectivity index (χ2n) is 13.9. The minimum atomic E-state index is -0.161. The lowest BCUT2D eigenvalue weighted by Gasteiger charge is -2.58. The van der Waals surface area contributed by atoms with Crippen LogP contribution in [-0.2, 0) is 4.74 Å². The fraction of sp³-hybridized carbons (Fsp3) is 0.735. The summed E-state index contributed by atoms with van der Waals surface area (Å²) >= 11 is 0. The van der Waals surface area contributed by atoms with Crippen molar-refractivity contribution in [1.29, 1.82) is 0 Å². The number of carbonyl (C=O) groups is 1. The van der Waals surface area contributed by atoms with Crippen molar-refractivity contribution in [2.24, 2.45) is 46.3 Å². The maximum atomic E-state index is 12.7. The highest BCUT2D eigenvalue weighted by Gasteiger charge is 2.59. The van der Waals surface area contributed by atoms with Gasteiger partial charge in [0.05, 0.1) is 5.56 Å². The third-order valence-corrected chi connectivity index (χ3v) is 11.5. The van der Waals surface area contributed by atoms with E-state index >= 15 is 0 Å². The lowest BCUT2D eigenvalue weighted by molar-refractivity contribution is -0.0594. The first-order valence-electron chi connectivity index (χ1n) is 15.2. The molecule has 5 rings (SSSR count). The fourth-order valence-electron chi connectivity index (χ4n) is 9.55. The molecule has 198 valence electrons. The van der Waals surface area contributed by atoms with E-state index in [0.29, 0.717) is 16.4 Å². The Morgan fingerprint density at radius 3 is 2.50 bits per heavy atom. The van der Waals surface area contributed by atoms with E-state index in [1.807, 2.05) is 30.3 Å². The zero-order valence-corrected chi connectivity index (χ0v) is 23.6. The molecule has 0 spiro atoms. The van der Waals surface area contributed by atoms with Gasteiger partial charge in [0.2, 0.25) is 0 Å². The Balaban J connectivity index is 1.25. The molecule has 0 aromatic heterocycles. The van der Waals surface area contributed by atoms with E-state index in [2.05, 4.69) is 40.7 Å². The molecule has 0 amide bonds. The zero-order chi connectivity index (χ0) is 25.5. The van der Waals surface area contributed by atoms with Gasteiger partial charge in [-0.3, -0.25) is 0 Å². The van der Waals surface area contributed by atoms with Crippen molar-refractivity contribution in [3.8, 4) is 0 Å². The Kier molecular flexibility index (Phi) is 7.45. The first kappa shape index (κ1) is 26.1. The van der Waals surface area contributed by atoms with Crippen molar-refractivity contribution in [3.05, 3.63) is 47.5 Å². The molecule has 0 radical (unpaired) electrons. The molecule has 0 aliphatic heterocycles. The number of benzene rings is 1. The largest absolute Gasteiger partial charge is 0.458 e. The molecular weight excluding hydrogens is 440 g/mol. The molecule has 36 heavy (non-hydrogen) atoms. The number of hydrogen-bond donors (Lipinski definition) is 0. The van der Waals surface area contributed by atoms with Gasteiger partial charge in [-0.2, -0.15) is 0 Å². The molecular formula is C34H50O2. The first-order valence-corrected chi connectivity index (χ1v) is 15.2. The Bertz CT molecular complexity index is 947. The molecule has 0 unspecified atom stereocenters. The molecule has 4 aliphatic rings. The average molecular weight is 491 g/mol. The normalized spacial score (nSPS) is 38.5. The van der Waals surface area contributed by atoms with Crippen LogP contribution in [0.15, 0.2) is 42.0 Å². The van der Waals surface area contributed by atoms with Crippen LogP contribution in [0.3, 0.4) is 0 Å². The summed E-state index contributed by atoms with van der Waals surface area (Å²) in [5, 5.41) is 0. The minimum absolute atomic E-state index is 0.0324. The summed E-state index contributed by atoms with van der Waals surface area (Å²) in [6.07, 6.45) is 17.0. The van der Waals surface area contributed by atoms with E-state index < -0.39 is 0 Å². The average Bonchev–Trinajstić information content (AvgIpc) is 3.22. The molecule has 4 aliphatic carbocycles. The third kappa shape index (κ3) is 4.71. The van der Waals surface area contributed by atoms with Crippen molar-refractivity contribution < 1.29 is 9.53 Å². The molecule has 0 heterocycles. The number of rotatable bonds is 7. The number of allylic oxidation sites excluding steroid dienone is 1. The minimum Gasteiger partial charge on any atom is -0.458 e. The van der Waals surface area contributed by atoms with Gasteiger partial charge < -0.3 is 4.74 Å². The van der Waals surface area contributed by atoms with Gasteiger partial charge in [0, 0.05) is 6.42 Å². The van der Waals surface area contributed by atoms with Crippen LogP contribution in [0.5, 0.6) is 0 Å². The molecule has 1 aromatic carbocycles. The second-order valence-corrected chi connectivity index (χ2v) is 13.9. The third-order valence-electron chi connectivity index (χ3n) is 11.5. The molecule has 3 fully saturated rings. The summed E-state index contributed by atoms with van der Waals surface area (Å²) in [4.78, 5) is 12.7. The predicted molar refractivity (Wildman–Crippen MR) is 149 cm³/mol. The molecule has 2 nitrogen and oxygen atoms in total. The number of carbonyl (C=O) groups excluding carboxylic acids is 1. The van der Waals surface area contributed by atoms with Crippen LogP contribution < -0.4 is 0 Å². The van der Waals surface area contributed by atoms with Crippen LogP contribution in [0.25, 0.3) is 0 Å². The van der Waals surface area contributed by atoms with Crippen LogP contribution in [0, 0.1) is 46.3 Å². The maximum Gasteiger partial charge on any atom is 0.338 e. The van der Waals surface area contributed by atoms with Gasteiger partial charge in [0.15, 0.2) is 0 Å². The highest BCUT2D eigenvalue weighted by Crippen LogP contribution is 2.67. The van der Waals surface area contributed by atoms with Gasteiger partial charge in [-0.15, -0.1) is 0 Å². The lowest BCUT2D eigenvalue weighted by atomic mass is 9.47. The molecule has 0 bridgehead atoms. The van der Waals surface area contributed by atoms with Crippen LogP contribution in [0.2, 0.25) is 0 Å². The molecule has 3 saturated carbocycles. The highest BCUT2D eigenvalue weighted by molar-refractivity contribution is 5.89. The van der Waals surface area contributed by atoms with Crippen molar-refractivity contribution in [1.82, 2.24) is 0 Å². The maximum absolute atomic E-state index is 12.7. The van der Waals surface area contributed by atoms with Gasteiger partial charge in [0.25, 0.3) is 0 Å². The van der Waals surface area contributed by atoms with E-state index in [-0.39, 0.29) is 12.1 Å². The molecule has 1 aromatic rings. The number of esters is 1. The van der Waals surface area contributed by atoms with Gasteiger partial charge in [0.1, 0.15) is 6.10 Å². The number of fused-ring (bicyclic) bond motifs is 5. The number of ether oxygens (including phenoxy) is 1. The second kappa shape index (κ2) is 10.3. The standard InChI is InChI=1S/C34H50O2/c1-23(2)10-9-11-24(3)29-16-17-30-28-15-14-26-22-27(36-32(35)25-12-7-6-8-13-25)18-20-33(26,4)31(28)19-21-34(29,30)5/h6-8,12-14,23-24,27-31H,9-11,15-22H2,1-5H3/t24-,27+,28-,29+,30+,31+,33-,34+/m0/s1. The predicted octanol–water partition coefficient (Wildman–Crippen LogP) is 9.25. The van der Waals surface area contributed by atoms with Gasteiger partial charge >= 0.3 is 5.97 Å². The van der Waals surface area contributed by atoms with Crippen molar-refractivity contribution in [3.63, 3.8) is 0 Å². The summed E-state index contributed by atoms with van der Waals surface area (Å²) in [6, 6.07) is 9.49. The molecule has 0 saturated heterocycles. The van der Waals surface area contributed by atoms with Gasteiger partial charge in [-0.25, -0.2) is 4.79 Å². The van der Waals surface area contributed by atoms with E-state index in [1.54, 1.807) is 5.57 Å². The Hall–Kier alpha value is -1.57. The van der Waals surface area contributed by atoms with Gasteiger partial charge in [-0.1, -0.05) is 83.7 Å². The molecule has 0 N–H and O–H groups in total. The Morgan fingerprint density at radius 2 is 1.75 bits per heavy atom. The van der Waals surface area contributed by atoms with E-state index in [4.69, 9.17) is 4.74 Å². The summed E-state index contributed by atoms with van der Waals surface area (Å²) in [7, 11) is 0. The monoisotopic (exact) mass is 490 g/mol. The topological polar surface area (TPSA) is 26.3 Å². The summed E-state index contributed by atoms with van der Waals surface area (Å²) in [6.45, 7) is 12.6. The Morgan fingerprint density at radius 1 is 0.972 bits per heavy atom. The van der Waals surface area contributed by atoms with Crippen LogP contribution >= 0.6 is 0 Å². The summed E-state index contributed by atoms with van der Waals surface area (Å²) in [5.74, 6) is 5.03. The van der Waals surface area contributed by atoms with E-state index in [9.17, 15) is 4.79 Å². The summed E-state index contributed by atoms with van der Waals surface area (Å²) in [5.41, 5.74) is 3.12. The number of hydrogen-bond acceptors (Lipinski definition) is 2. The van der Waals surface area contributed by atoms with E-state index in [0.717, 1.165) is 48.3 Å². The van der Waals surface area contributed by atoms with Crippen molar-refractivity contribution in [2.45, 2.75) is 111 Å². The molecule has 8 atom stereocenters. The van der Waals surface area contributed by atoms with Crippen LogP contribution in [0.4, 0.5) is 0 Å². The smallest absolute Gasteiger partial charge is 0.338 e. The lowest BCUT2D eigenvalue weighted by Crippen LogP contribution is -2.51.